The molecule has 0 fully saturated rings. The van der Waals surface area contributed by atoms with Crippen molar-refractivity contribution in [2.45, 2.75) is 12.5 Å². The van der Waals surface area contributed by atoms with Crippen LogP contribution in [0.3, 0.4) is 0 Å². The quantitative estimate of drug-likeness (QED) is 0.666. The van der Waals surface area contributed by atoms with Gasteiger partial charge in [0.05, 0.1) is 6.26 Å². The monoisotopic (exact) mass is 379 g/mol. The molecule has 1 aromatic heterocycles. The topological polar surface area (TPSA) is 97.4 Å². The Kier molecular flexibility index (Phi) is 5.57. The maximum Gasteiger partial charge on any atom is 0.287 e. The maximum absolute atomic E-state index is 12.2. The highest BCUT2D eigenvalue weighted by Crippen LogP contribution is 2.20. The van der Waals surface area contributed by atoms with Crippen LogP contribution in [0, 0.1) is 0 Å². The largest absolute Gasteiger partial charge is 0.459 e. The molecule has 0 aliphatic heterocycles. The molecule has 1 heterocycles. The van der Waals surface area contributed by atoms with E-state index in [1.165, 1.54) is 6.26 Å². The molecule has 6 nitrogen and oxygen atoms in total. The van der Waals surface area contributed by atoms with Crippen molar-refractivity contribution in [2.75, 3.05) is 13.1 Å². The van der Waals surface area contributed by atoms with Gasteiger partial charge in [0, 0.05) is 17.6 Å². The summed E-state index contributed by atoms with van der Waals surface area (Å²) in [6.07, 6.45) is 1.43. The van der Waals surface area contributed by atoms with Gasteiger partial charge in [-0.1, -0.05) is 28.1 Å². The van der Waals surface area contributed by atoms with Crippen LogP contribution in [0.4, 0.5) is 0 Å². The van der Waals surface area contributed by atoms with E-state index in [9.17, 15) is 9.59 Å². The van der Waals surface area contributed by atoms with Gasteiger partial charge in [0.2, 0.25) is 5.91 Å². The molecule has 0 bridgehead atoms. The number of benzene rings is 1. The second-order valence-electron chi connectivity index (χ2n) is 5.20. The standard InChI is InChI=1S/C16H18BrN3O3/c1-16(18,11-4-6-12(17)7-5-11)15(22)20-9-8-19-14(21)13-3-2-10-23-13/h2-7,10H,8-9,18H2,1H3,(H,19,21)(H,20,22). The fraction of sp³-hybridized carbons (Fsp3) is 0.250. The summed E-state index contributed by atoms with van der Waals surface area (Å²) in [5.74, 6) is -0.408. The molecular formula is C16H18BrN3O3. The number of nitrogens with two attached hydrogens (primary N) is 1. The predicted molar refractivity (Wildman–Crippen MR) is 89.7 cm³/mol. The van der Waals surface area contributed by atoms with Crippen LogP contribution in [0.2, 0.25) is 0 Å². The van der Waals surface area contributed by atoms with Gasteiger partial charge in [-0.15, -0.1) is 0 Å². The second-order valence-corrected chi connectivity index (χ2v) is 6.11. The smallest absolute Gasteiger partial charge is 0.287 e. The van der Waals surface area contributed by atoms with Gasteiger partial charge in [-0.3, -0.25) is 9.59 Å². The number of carbonyl (C=O) groups is 2. The predicted octanol–water partition coefficient (Wildman–Crippen LogP) is 1.76. The van der Waals surface area contributed by atoms with E-state index in [4.69, 9.17) is 10.2 Å². The van der Waals surface area contributed by atoms with E-state index in [-0.39, 0.29) is 30.7 Å². The summed E-state index contributed by atoms with van der Waals surface area (Å²) in [5.41, 5.74) is 5.68. The normalized spacial score (nSPS) is 13.2. The second kappa shape index (κ2) is 7.43. The fourth-order valence-corrected chi connectivity index (χ4v) is 2.22. The number of amides is 2. The van der Waals surface area contributed by atoms with E-state index < -0.39 is 5.54 Å². The number of hydrogen-bond acceptors (Lipinski definition) is 4. The third kappa shape index (κ3) is 4.43. The third-order valence-corrected chi connectivity index (χ3v) is 3.89. The van der Waals surface area contributed by atoms with Gasteiger partial charge in [-0.2, -0.15) is 0 Å². The van der Waals surface area contributed by atoms with E-state index in [0.717, 1.165) is 4.47 Å². The molecule has 0 spiro atoms. The summed E-state index contributed by atoms with van der Waals surface area (Å²) in [4.78, 5) is 23.9. The molecule has 0 radical (unpaired) electrons. The van der Waals surface area contributed by atoms with Crippen LogP contribution < -0.4 is 16.4 Å². The van der Waals surface area contributed by atoms with Crippen molar-refractivity contribution >= 4 is 27.7 Å². The van der Waals surface area contributed by atoms with Gasteiger partial charge in [-0.25, -0.2) is 0 Å². The van der Waals surface area contributed by atoms with Crippen molar-refractivity contribution in [3.8, 4) is 0 Å². The van der Waals surface area contributed by atoms with Gasteiger partial charge in [0.15, 0.2) is 5.76 Å². The number of nitrogens with one attached hydrogen (secondary N) is 2. The molecule has 0 saturated carbocycles. The van der Waals surface area contributed by atoms with Crippen molar-refractivity contribution in [3.05, 3.63) is 58.5 Å². The van der Waals surface area contributed by atoms with E-state index in [1.807, 2.05) is 12.1 Å². The molecule has 0 aliphatic carbocycles. The number of carbonyl (C=O) groups excluding carboxylic acids is 2. The summed E-state index contributed by atoms with van der Waals surface area (Å²) in [5, 5.41) is 5.36. The van der Waals surface area contributed by atoms with Gasteiger partial charge in [0.1, 0.15) is 5.54 Å². The van der Waals surface area contributed by atoms with Crippen LogP contribution in [-0.2, 0) is 10.3 Å². The molecule has 2 rings (SSSR count). The zero-order valence-corrected chi connectivity index (χ0v) is 14.2. The highest BCUT2D eigenvalue weighted by molar-refractivity contribution is 9.10. The Hall–Kier alpha value is -2.12. The summed E-state index contributed by atoms with van der Waals surface area (Å²) in [7, 11) is 0. The Morgan fingerprint density at radius 3 is 2.43 bits per heavy atom. The molecule has 7 heteroatoms. The van der Waals surface area contributed by atoms with Crippen molar-refractivity contribution < 1.29 is 14.0 Å². The molecule has 1 unspecified atom stereocenters. The Balaban J connectivity index is 1.82. The molecule has 0 saturated heterocycles. The lowest BCUT2D eigenvalue weighted by molar-refractivity contribution is -0.126. The molecule has 2 aromatic rings. The van der Waals surface area contributed by atoms with E-state index in [2.05, 4.69) is 26.6 Å². The molecule has 23 heavy (non-hydrogen) atoms. The van der Waals surface area contributed by atoms with E-state index >= 15 is 0 Å². The first-order chi connectivity index (χ1) is 10.9. The van der Waals surface area contributed by atoms with Crippen LogP contribution >= 0.6 is 15.9 Å². The molecule has 4 N–H and O–H groups in total. The first-order valence-corrected chi connectivity index (χ1v) is 7.85. The summed E-state index contributed by atoms with van der Waals surface area (Å²) in [6.45, 7) is 2.20. The van der Waals surface area contributed by atoms with Crippen LogP contribution in [0.25, 0.3) is 0 Å². The Labute approximate surface area is 142 Å². The Morgan fingerprint density at radius 2 is 1.83 bits per heavy atom. The number of halogens is 1. The lowest BCUT2D eigenvalue weighted by atomic mass is 9.92. The Morgan fingerprint density at radius 1 is 1.17 bits per heavy atom. The summed E-state index contributed by atoms with van der Waals surface area (Å²) in [6, 6.07) is 10.5. The molecule has 1 atom stereocenters. The zero-order chi connectivity index (χ0) is 16.9. The highest BCUT2D eigenvalue weighted by atomic mass is 79.9. The fourth-order valence-electron chi connectivity index (χ4n) is 1.96. The average Bonchev–Trinajstić information content (AvgIpc) is 3.06. The first-order valence-electron chi connectivity index (χ1n) is 7.06. The lowest BCUT2D eigenvalue weighted by Gasteiger charge is -2.24. The number of hydrogen-bond donors (Lipinski definition) is 3. The van der Waals surface area contributed by atoms with Crippen LogP contribution in [0.5, 0.6) is 0 Å². The minimum Gasteiger partial charge on any atom is -0.459 e. The first kappa shape index (κ1) is 17.2. The van der Waals surface area contributed by atoms with E-state index in [0.29, 0.717) is 5.56 Å². The molecule has 2 amide bonds. The van der Waals surface area contributed by atoms with Gasteiger partial charge >= 0.3 is 0 Å². The minimum atomic E-state index is -1.15. The van der Waals surface area contributed by atoms with Crippen LogP contribution in [-0.4, -0.2) is 24.9 Å². The lowest BCUT2D eigenvalue weighted by Crippen LogP contribution is -2.50. The average molecular weight is 380 g/mol. The summed E-state index contributed by atoms with van der Waals surface area (Å²) >= 11 is 3.34. The van der Waals surface area contributed by atoms with Crippen molar-refractivity contribution in [2.24, 2.45) is 5.73 Å². The Bertz CT molecular complexity index is 666. The van der Waals surface area contributed by atoms with Gasteiger partial charge in [-0.05, 0) is 36.8 Å². The van der Waals surface area contributed by atoms with Crippen molar-refractivity contribution in [1.29, 1.82) is 0 Å². The molecule has 1 aromatic carbocycles. The highest BCUT2D eigenvalue weighted by Gasteiger charge is 2.30. The zero-order valence-electron chi connectivity index (χ0n) is 12.6. The van der Waals surface area contributed by atoms with Crippen LogP contribution in [0.1, 0.15) is 23.0 Å². The van der Waals surface area contributed by atoms with Gasteiger partial charge < -0.3 is 20.8 Å². The van der Waals surface area contributed by atoms with Crippen molar-refractivity contribution in [1.82, 2.24) is 10.6 Å². The number of furan rings is 1. The minimum absolute atomic E-state index is 0.231. The molecule has 122 valence electrons. The molecular weight excluding hydrogens is 362 g/mol. The van der Waals surface area contributed by atoms with E-state index in [1.54, 1.807) is 31.2 Å². The van der Waals surface area contributed by atoms with Gasteiger partial charge in [0.25, 0.3) is 5.91 Å². The van der Waals surface area contributed by atoms with Crippen molar-refractivity contribution in [3.63, 3.8) is 0 Å². The molecule has 0 aliphatic rings. The van der Waals surface area contributed by atoms with Crippen LogP contribution in [0.15, 0.2) is 51.6 Å². The number of rotatable bonds is 6. The SMILES string of the molecule is CC(N)(C(=O)NCCNC(=O)c1ccco1)c1ccc(Br)cc1. The third-order valence-electron chi connectivity index (χ3n) is 3.36. The summed E-state index contributed by atoms with van der Waals surface area (Å²) < 4.78 is 5.89. The maximum atomic E-state index is 12.2.